The van der Waals surface area contributed by atoms with Crippen LogP contribution in [0.3, 0.4) is 0 Å². The minimum absolute atomic E-state index is 0.0581. The average Bonchev–Trinajstić information content (AvgIpc) is 2.71. The Labute approximate surface area is 117 Å². The Hall–Kier alpha value is -1.56. The minimum Gasteiger partial charge on any atom is -0.465 e. The van der Waals surface area contributed by atoms with E-state index in [0.717, 1.165) is 6.42 Å². The number of anilines is 2. The number of nitrogens with one attached hydrogen (secondary N) is 1. The fourth-order valence-electron chi connectivity index (χ4n) is 1.56. The number of Topliss-reactive ketones (excluding diaryl/α,β-unsaturated/α-hetero) is 1. The first kappa shape index (κ1) is 15.5. The molecule has 0 unspecified atom stereocenters. The summed E-state index contributed by atoms with van der Waals surface area (Å²) in [5, 5.41) is 3.73. The molecule has 0 aromatic carbocycles. The summed E-state index contributed by atoms with van der Waals surface area (Å²) in [7, 11) is 1.30. The maximum absolute atomic E-state index is 12.1. The Bertz CT molecular complexity index is 480. The molecule has 0 aliphatic carbocycles. The molecule has 1 heterocycles. The SMILES string of the molecule is CCCNc1sc(C(=O)C(C)C)c(N)c1C(=O)OC. The van der Waals surface area contributed by atoms with Gasteiger partial charge in [0.05, 0.1) is 17.7 Å². The fourth-order valence-corrected chi connectivity index (χ4v) is 2.78. The number of nitrogens with two attached hydrogens (primary N) is 1. The second kappa shape index (κ2) is 6.56. The van der Waals surface area contributed by atoms with Crippen LogP contribution in [-0.2, 0) is 4.74 Å². The molecule has 1 aromatic rings. The van der Waals surface area contributed by atoms with Crippen molar-refractivity contribution in [2.45, 2.75) is 27.2 Å². The van der Waals surface area contributed by atoms with Crippen LogP contribution in [0.1, 0.15) is 47.2 Å². The number of rotatable bonds is 6. The van der Waals surface area contributed by atoms with Gasteiger partial charge in [-0.3, -0.25) is 4.79 Å². The van der Waals surface area contributed by atoms with Gasteiger partial charge in [0.25, 0.3) is 0 Å². The summed E-state index contributed by atoms with van der Waals surface area (Å²) < 4.78 is 4.73. The van der Waals surface area contributed by atoms with Crippen molar-refractivity contribution in [2.75, 3.05) is 24.7 Å². The van der Waals surface area contributed by atoms with E-state index in [0.29, 0.717) is 16.4 Å². The summed E-state index contributed by atoms with van der Waals surface area (Å²) in [4.78, 5) is 24.3. The number of esters is 1. The van der Waals surface area contributed by atoms with Gasteiger partial charge in [-0.05, 0) is 6.42 Å². The quantitative estimate of drug-likeness (QED) is 0.620. The second-order valence-corrected chi connectivity index (χ2v) is 5.51. The van der Waals surface area contributed by atoms with Crippen molar-refractivity contribution in [1.82, 2.24) is 0 Å². The van der Waals surface area contributed by atoms with Crippen LogP contribution in [0.25, 0.3) is 0 Å². The number of thiophene rings is 1. The molecule has 1 rings (SSSR count). The average molecular weight is 284 g/mol. The van der Waals surface area contributed by atoms with Gasteiger partial charge in [0.2, 0.25) is 0 Å². The van der Waals surface area contributed by atoms with E-state index in [9.17, 15) is 9.59 Å². The van der Waals surface area contributed by atoms with Crippen molar-refractivity contribution in [2.24, 2.45) is 5.92 Å². The topological polar surface area (TPSA) is 81.4 Å². The van der Waals surface area contributed by atoms with Crippen LogP contribution >= 0.6 is 11.3 Å². The van der Waals surface area contributed by atoms with Crippen LogP contribution < -0.4 is 11.1 Å². The third-order valence-corrected chi connectivity index (χ3v) is 3.80. The number of hydrogen-bond acceptors (Lipinski definition) is 6. The van der Waals surface area contributed by atoms with Gasteiger partial charge in [-0.1, -0.05) is 20.8 Å². The van der Waals surface area contributed by atoms with Crippen molar-refractivity contribution >= 4 is 33.8 Å². The van der Waals surface area contributed by atoms with Crippen molar-refractivity contribution in [3.05, 3.63) is 10.4 Å². The van der Waals surface area contributed by atoms with Crippen LogP contribution in [0.4, 0.5) is 10.7 Å². The number of hydrogen-bond donors (Lipinski definition) is 2. The van der Waals surface area contributed by atoms with Crippen molar-refractivity contribution in [3.8, 4) is 0 Å². The lowest BCUT2D eigenvalue weighted by Crippen LogP contribution is -2.11. The van der Waals surface area contributed by atoms with Gasteiger partial charge in [-0.25, -0.2) is 4.79 Å². The van der Waals surface area contributed by atoms with Crippen LogP contribution in [-0.4, -0.2) is 25.4 Å². The Kier molecular flexibility index (Phi) is 5.35. The van der Waals surface area contributed by atoms with Crippen LogP contribution in [0.2, 0.25) is 0 Å². The van der Waals surface area contributed by atoms with Gasteiger partial charge < -0.3 is 15.8 Å². The lowest BCUT2D eigenvalue weighted by atomic mass is 10.1. The third kappa shape index (κ3) is 3.26. The van der Waals surface area contributed by atoms with E-state index in [4.69, 9.17) is 10.5 Å². The number of ketones is 1. The molecular formula is C13H20N2O3S. The smallest absolute Gasteiger partial charge is 0.343 e. The Morgan fingerprint density at radius 2 is 2.05 bits per heavy atom. The second-order valence-electron chi connectivity index (χ2n) is 4.49. The van der Waals surface area contributed by atoms with E-state index in [-0.39, 0.29) is 23.0 Å². The Morgan fingerprint density at radius 3 is 2.53 bits per heavy atom. The molecule has 0 aliphatic rings. The first-order valence-corrected chi connectivity index (χ1v) is 7.04. The molecule has 1 aromatic heterocycles. The zero-order chi connectivity index (χ0) is 14.6. The molecule has 6 heteroatoms. The highest BCUT2D eigenvalue weighted by molar-refractivity contribution is 7.19. The molecule has 0 atom stereocenters. The van der Waals surface area contributed by atoms with Crippen molar-refractivity contribution < 1.29 is 14.3 Å². The van der Waals surface area contributed by atoms with Gasteiger partial charge in [0.1, 0.15) is 10.6 Å². The summed E-state index contributed by atoms with van der Waals surface area (Å²) >= 11 is 1.22. The van der Waals surface area contributed by atoms with Gasteiger partial charge in [-0.15, -0.1) is 11.3 Å². The molecule has 0 saturated carbocycles. The molecule has 0 saturated heterocycles. The molecule has 5 nitrogen and oxygen atoms in total. The lowest BCUT2D eigenvalue weighted by Gasteiger charge is -2.05. The molecule has 0 amide bonds. The van der Waals surface area contributed by atoms with E-state index in [1.54, 1.807) is 13.8 Å². The summed E-state index contributed by atoms with van der Waals surface area (Å²) in [6.45, 7) is 6.33. The third-order valence-electron chi connectivity index (χ3n) is 2.62. The van der Waals surface area contributed by atoms with E-state index >= 15 is 0 Å². The van der Waals surface area contributed by atoms with E-state index in [2.05, 4.69) is 5.32 Å². The minimum atomic E-state index is -0.518. The summed E-state index contributed by atoms with van der Waals surface area (Å²) in [6.07, 6.45) is 0.909. The molecule has 0 bridgehead atoms. The standard InChI is InChI=1S/C13H20N2O3S/c1-5-6-15-12-8(13(17)18-4)9(14)11(19-12)10(16)7(2)3/h7,15H,5-6,14H2,1-4H3. The maximum Gasteiger partial charge on any atom is 0.343 e. The summed E-state index contributed by atoms with van der Waals surface area (Å²) in [5.74, 6) is -0.738. The zero-order valence-corrected chi connectivity index (χ0v) is 12.5. The van der Waals surface area contributed by atoms with Crippen LogP contribution in [0.5, 0.6) is 0 Å². The molecule has 106 valence electrons. The predicted octanol–water partition coefficient (Wildman–Crippen LogP) is 2.78. The maximum atomic E-state index is 12.1. The fraction of sp³-hybridized carbons (Fsp3) is 0.538. The number of methoxy groups -OCH3 is 1. The molecule has 3 N–H and O–H groups in total. The molecule has 0 aliphatic heterocycles. The number of carbonyl (C=O) groups excluding carboxylic acids is 2. The molecule has 19 heavy (non-hydrogen) atoms. The largest absolute Gasteiger partial charge is 0.465 e. The first-order chi connectivity index (χ1) is 8.93. The highest BCUT2D eigenvalue weighted by Crippen LogP contribution is 2.37. The van der Waals surface area contributed by atoms with E-state index in [1.165, 1.54) is 18.4 Å². The van der Waals surface area contributed by atoms with E-state index < -0.39 is 5.97 Å². The highest BCUT2D eigenvalue weighted by Gasteiger charge is 2.26. The molecule has 0 fully saturated rings. The van der Waals surface area contributed by atoms with Gasteiger partial charge in [0, 0.05) is 12.5 Å². The van der Waals surface area contributed by atoms with Gasteiger partial charge in [0.15, 0.2) is 5.78 Å². The molecular weight excluding hydrogens is 264 g/mol. The van der Waals surface area contributed by atoms with Gasteiger partial charge >= 0.3 is 5.97 Å². The summed E-state index contributed by atoms with van der Waals surface area (Å²) in [5.41, 5.74) is 6.43. The van der Waals surface area contributed by atoms with Crippen LogP contribution in [0.15, 0.2) is 0 Å². The monoisotopic (exact) mass is 284 g/mol. The zero-order valence-electron chi connectivity index (χ0n) is 11.7. The van der Waals surface area contributed by atoms with Crippen molar-refractivity contribution in [3.63, 3.8) is 0 Å². The Balaban J connectivity index is 3.26. The summed E-state index contributed by atoms with van der Waals surface area (Å²) in [6, 6.07) is 0. The van der Waals surface area contributed by atoms with Gasteiger partial charge in [-0.2, -0.15) is 0 Å². The number of ether oxygens (including phenoxy) is 1. The van der Waals surface area contributed by atoms with E-state index in [1.807, 2.05) is 6.92 Å². The number of carbonyl (C=O) groups is 2. The highest BCUT2D eigenvalue weighted by atomic mass is 32.1. The predicted molar refractivity (Wildman–Crippen MR) is 78.0 cm³/mol. The molecule has 0 spiro atoms. The Morgan fingerprint density at radius 1 is 1.42 bits per heavy atom. The van der Waals surface area contributed by atoms with Crippen LogP contribution in [0, 0.1) is 5.92 Å². The first-order valence-electron chi connectivity index (χ1n) is 6.22. The normalized spacial score (nSPS) is 10.6. The molecule has 0 radical (unpaired) electrons. The lowest BCUT2D eigenvalue weighted by molar-refractivity contribution is 0.0603. The van der Waals surface area contributed by atoms with Crippen molar-refractivity contribution in [1.29, 1.82) is 0 Å². The number of nitrogen functional groups attached to an aromatic ring is 1.